The van der Waals surface area contributed by atoms with Crippen LogP contribution >= 0.6 is 0 Å². The smallest absolute Gasteiger partial charge is 0.292 e. The number of nitro benzene ring substituents is 1. The number of benzene rings is 1. The van der Waals surface area contributed by atoms with Crippen LogP contribution in [0.1, 0.15) is 0 Å². The third-order valence-corrected chi connectivity index (χ3v) is 3.89. The van der Waals surface area contributed by atoms with Crippen molar-refractivity contribution in [2.45, 2.75) is 4.90 Å². The molecule has 0 aliphatic rings. The molecular formula is C11H9FN4O4S. The van der Waals surface area contributed by atoms with Crippen LogP contribution in [0.5, 0.6) is 0 Å². The number of aromatic nitrogens is 1. The molecule has 0 aliphatic heterocycles. The van der Waals surface area contributed by atoms with E-state index in [2.05, 4.69) is 4.98 Å². The second-order valence-electron chi connectivity index (χ2n) is 3.94. The highest BCUT2D eigenvalue weighted by Gasteiger charge is 2.20. The standard InChI is InChI=1S/C11H9FN4O4S/c12-8-6-14-4-3-10(8)15-21(19,20)7-1-2-11(16(17)18)9(13)5-7/h1-6H,13H2,(H,14,15). The number of nitrogens with two attached hydrogens (primary N) is 1. The first kappa shape index (κ1) is 14.7. The summed E-state index contributed by atoms with van der Waals surface area (Å²) in [5.74, 6) is -0.851. The van der Waals surface area contributed by atoms with E-state index in [1.807, 2.05) is 4.72 Å². The third kappa shape index (κ3) is 3.05. The maximum atomic E-state index is 13.4. The normalized spacial score (nSPS) is 11.1. The van der Waals surface area contributed by atoms with Gasteiger partial charge in [-0.15, -0.1) is 0 Å². The van der Waals surface area contributed by atoms with Gasteiger partial charge < -0.3 is 5.73 Å². The van der Waals surface area contributed by atoms with Gasteiger partial charge in [0.15, 0.2) is 5.82 Å². The Hall–Kier alpha value is -2.75. The quantitative estimate of drug-likeness (QED) is 0.500. The number of nitro groups is 1. The Bertz CT molecular complexity index is 810. The Balaban J connectivity index is 2.39. The van der Waals surface area contributed by atoms with Crippen LogP contribution in [-0.2, 0) is 10.0 Å². The number of nitrogens with one attached hydrogen (secondary N) is 1. The number of nitrogen functional groups attached to an aromatic ring is 1. The Labute approximate surface area is 118 Å². The maximum absolute atomic E-state index is 13.4. The van der Waals surface area contributed by atoms with Crippen LogP contribution in [-0.4, -0.2) is 18.3 Å². The van der Waals surface area contributed by atoms with Crippen molar-refractivity contribution >= 4 is 27.1 Å². The lowest BCUT2D eigenvalue weighted by Crippen LogP contribution is -2.14. The van der Waals surface area contributed by atoms with Crippen LogP contribution in [0.2, 0.25) is 0 Å². The van der Waals surface area contributed by atoms with Gasteiger partial charge in [0, 0.05) is 12.3 Å². The van der Waals surface area contributed by atoms with Crippen molar-refractivity contribution in [1.29, 1.82) is 0 Å². The zero-order chi connectivity index (χ0) is 15.6. The number of hydrogen-bond donors (Lipinski definition) is 2. The SMILES string of the molecule is Nc1cc(S(=O)(=O)Nc2ccncc2F)ccc1[N+](=O)[O-]. The number of hydrogen-bond acceptors (Lipinski definition) is 6. The summed E-state index contributed by atoms with van der Waals surface area (Å²) in [6, 6.07) is 4.05. The Morgan fingerprint density at radius 2 is 2.05 bits per heavy atom. The van der Waals surface area contributed by atoms with Gasteiger partial charge in [-0.1, -0.05) is 0 Å². The van der Waals surface area contributed by atoms with Crippen LogP contribution in [0.3, 0.4) is 0 Å². The van der Waals surface area contributed by atoms with E-state index in [0.29, 0.717) is 0 Å². The lowest BCUT2D eigenvalue weighted by atomic mass is 10.3. The van der Waals surface area contributed by atoms with E-state index >= 15 is 0 Å². The average Bonchev–Trinajstić information content (AvgIpc) is 2.40. The van der Waals surface area contributed by atoms with E-state index in [1.54, 1.807) is 0 Å². The first-order chi connectivity index (χ1) is 9.81. The Kier molecular flexibility index (Phi) is 3.72. The van der Waals surface area contributed by atoms with Gasteiger partial charge in [-0.3, -0.25) is 19.8 Å². The van der Waals surface area contributed by atoms with Gasteiger partial charge in [-0.05, 0) is 18.2 Å². The van der Waals surface area contributed by atoms with Crippen LogP contribution in [0.15, 0.2) is 41.6 Å². The van der Waals surface area contributed by atoms with E-state index in [1.165, 1.54) is 6.20 Å². The number of halogens is 1. The van der Waals surface area contributed by atoms with Crippen molar-refractivity contribution in [3.05, 3.63) is 52.6 Å². The van der Waals surface area contributed by atoms with Gasteiger partial charge in [-0.25, -0.2) is 12.8 Å². The molecule has 2 rings (SSSR count). The molecular weight excluding hydrogens is 303 g/mol. The molecule has 1 aromatic carbocycles. The summed E-state index contributed by atoms with van der Waals surface area (Å²) in [5.41, 5.74) is 4.41. The van der Waals surface area contributed by atoms with Crippen molar-refractivity contribution in [2.75, 3.05) is 10.5 Å². The largest absolute Gasteiger partial charge is 0.393 e. The summed E-state index contributed by atoms with van der Waals surface area (Å²) < 4.78 is 39.5. The van der Waals surface area contributed by atoms with Crippen LogP contribution in [0.4, 0.5) is 21.5 Å². The zero-order valence-electron chi connectivity index (χ0n) is 10.4. The molecule has 21 heavy (non-hydrogen) atoms. The van der Waals surface area contributed by atoms with E-state index in [0.717, 1.165) is 30.5 Å². The third-order valence-electron chi connectivity index (χ3n) is 2.52. The molecule has 0 amide bonds. The highest BCUT2D eigenvalue weighted by atomic mass is 32.2. The van der Waals surface area contributed by atoms with Crippen molar-refractivity contribution in [3.63, 3.8) is 0 Å². The molecule has 2 aromatic rings. The van der Waals surface area contributed by atoms with Crippen molar-refractivity contribution in [3.8, 4) is 0 Å². The molecule has 0 radical (unpaired) electrons. The van der Waals surface area contributed by atoms with Crippen LogP contribution in [0, 0.1) is 15.9 Å². The summed E-state index contributed by atoms with van der Waals surface area (Å²) in [6.07, 6.45) is 2.06. The monoisotopic (exact) mass is 312 g/mol. The molecule has 0 fully saturated rings. The highest BCUT2D eigenvalue weighted by Crippen LogP contribution is 2.26. The van der Waals surface area contributed by atoms with Gasteiger partial charge in [-0.2, -0.15) is 0 Å². The first-order valence-corrected chi connectivity index (χ1v) is 6.96. The number of rotatable bonds is 4. The molecule has 3 N–H and O–H groups in total. The second kappa shape index (κ2) is 5.32. The van der Waals surface area contributed by atoms with Crippen LogP contribution in [0.25, 0.3) is 0 Å². The summed E-state index contributed by atoms with van der Waals surface area (Å²) in [4.78, 5) is 13.1. The number of pyridine rings is 1. The molecule has 0 bridgehead atoms. The average molecular weight is 312 g/mol. The Morgan fingerprint density at radius 1 is 1.33 bits per heavy atom. The molecule has 0 saturated heterocycles. The summed E-state index contributed by atoms with van der Waals surface area (Å²) >= 11 is 0. The van der Waals surface area contributed by atoms with Crippen LogP contribution < -0.4 is 10.5 Å². The molecule has 1 aromatic heterocycles. The molecule has 0 saturated carbocycles. The van der Waals surface area contributed by atoms with Crippen molar-refractivity contribution in [2.24, 2.45) is 0 Å². The van der Waals surface area contributed by atoms with Gasteiger partial charge >= 0.3 is 0 Å². The van der Waals surface area contributed by atoms with E-state index < -0.39 is 26.5 Å². The highest BCUT2D eigenvalue weighted by molar-refractivity contribution is 7.92. The van der Waals surface area contributed by atoms with E-state index in [4.69, 9.17) is 5.73 Å². The van der Waals surface area contributed by atoms with Gasteiger partial charge in [0.05, 0.1) is 21.7 Å². The molecule has 0 unspecified atom stereocenters. The second-order valence-corrected chi connectivity index (χ2v) is 5.62. The molecule has 1 heterocycles. The summed E-state index contributed by atoms with van der Waals surface area (Å²) in [5, 5.41) is 10.6. The van der Waals surface area contributed by atoms with E-state index in [9.17, 15) is 22.9 Å². The summed E-state index contributed by atoms with van der Waals surface area (Å²) in [6.45, 7) is 0. The predicted octanol–water partition coefficient (Wildman–Crippen LogP) is 1.51. The molecule has 110 valence electrons. The molecule has 8 nitrogen and oxygen atoms in total. The van der Waals surface area contributed by atoms with Gasteiger partial charge in [0.25, 0.3) is 15.7 Å². The number of anilines is 2. The minimum atomic E-state index is -4.12. The molecule has 10 heteroatoms. The minimum Gasteiger partial charge on any atom is -0.393 e. The molecule has 0 spiro atoms. The van der Waals surface area contributed by atoms with Gasteiger partial charge in [0.2, 0.25) is 0 Å². The predicted molar refractivity (Wildman–Crippen MR) is 72.5 cm³/mol. The van der Waals surface area contributed by atoms with Gasteiger partial charge in [0.1, 0.15) is 5.69 Å². The maximum Gasteiger partial charge on any atom is 0.292 e. The number of nitrogens with zero attached hydrogens (tertiary/aromatic N) is 2. The first-order valence-electron chi connectivity index (χ1n) is 5.47. The Morgan fingerprint density at radius 3 is 2.62 bits per heavy atom. The van der Waals surface area contributed by atoms with Crippen molar-refractivity contribution < 1.29 is 17.7 Å². The topological polar surface area (TPSA) is 128 Å². The molecule has 0 atom stereocenters. The summed E-state index contributed by atoms with van der Waals surface area (Å²) in [7, 11) is -4.12. The fraction of sp³-hybridized carbons (Fsp3) is 0. The number of sulfonamides is 1. The fourth-order valence-corrected chi connectivity index (χ4v) is 2.63. The lowest BCUT2D eigenvalue weighted by Gasteiger charge is -2.09. The molecule has 0 aliphatic carbocycles. The fourth-order valence-electron chi connectivity index (χ4n) is 1.53. The zero-order valence-corrected chi connectivity index (χ0v) is 11.2. The van der Waals surface area contributed by atoms with E-state index in [-0.39, 0.29) is 16.3 Å². The lowest BCUT2D eigenvalue weighted by molar-refractivity contribution is -0.383. The van der Waals surface area contributed by atoms with Crippen molar-refractivity contribution in [1.82, 2.24) is 4.98 Å². The minimum absolute atomic E-state index is 0.290.